The van der Waals surface area contributed by atoms with Gasteiger partial charge in [0.25, 0.3) is 5.91 Å². The average Bonchev–Trinajstić information content (AvgIpc) is 2.44. The standard InChI is InChI=1S/C15H12BrFN2O2/c16-10-2-4-14-13(5-10)19(15(20)8-21-14)7-9-1-3-11(18)6-12(9)17/h1-6H,7-8,18H2. The van der Waals surface area contributed by atoms with Crippen molar-refractivity contribution in [1.29, 1.82) is 0 Å². The Balaban J connectivity index is 1.98. The molecule has 0 fully saturated rings. The fraction of sp³-hybridized carbons (Fsp3) is 0.133. The Morgan fingerprint density at radius 2 is 2.10 bits per heavy atom. The van der Waals surface area contributed by atoms with Crippen LogP contribution in [0, 0.1) is 5.82 Å². The molecule has 1 amide bonds. The lowest BCUT2D eigenvalue weighted by atomic mass is 10.1. The van der Waals surface area contributed by atoms with E-state index in [0.29, 0.717) is 22.7 Å². The van der Waals surface area contributed by atoms with Crippen molar-refractivity contribution in [3.05, 3.63) is 52.3 Å². The summed E-state index contributed by atoms with van der Waals surface area (Å²) in [6.07, 6.45) is 0. The van der Waals surface area contributed by atoms with Crippen LogP contribution in [0.3, 0.4) is 0 Å². The van der Waals surface area contributed by atoms with E-state index in [0.717, 1.165) is 4.47 Å². The zero-order chi connectivity index (χ0) is 15.0. The summed E-state index contributed by atoms with van der Waals surface area (Å²) in [6, 6.07) is 9.84. The molecule has 0 saturated carbocycles. The summed E-state index contributed by atoms with van der Waals surface area (Å²) in [7, 11) is 0. The van der Waals surface area contributed by atoms with Crippen LogP contribution in [0.2, 0.25) is 0 Å². The van der Waals surface area contributed by atoms with Gasteiger partial charge in [-0.25, -0.2) is 4.39 Å². The minimum Gasteiger partial charge on any atom is -0.482 e. The Labute approximate surface area is 129 Å². The highest BCUT2D eigenvalue weighted by molar-refractivity contribution is 9.10. The Hall–Kier alpha value is -2.08. The van der Waals surface area contributed by atoms with E-state index in [9.17, 15) is 9.18 Å². The maximum Gasteiger partial charge on any atom is 0.265 e. The normalized spacial score (nSPS) is 13.8. The molecule has 0 unspecified atom stereocenters. The van der Waals surface area contributed by atoms with E-state index >= 15 is 0 Å². The number of ether oxygens (including phenoxy) is 1. The van der Waals surface area contributed by atoms with Crippen molar-refractivity contribution in [3.63, 3.8) is 0 Å². The largest absolute Gasteiger partial charge is 0.482 e. The maximum absolute atomic E-state index is 13.9. The van der Waals surface area contributed by atoms with Gasteiger partial charge >= 0.3 is 0 Å². The molecule has 4 nitrogen and oxygen atoms in total. The number of benzene rings is 2. The average molecular weight is 351 g/mol. The smallest absolute Gasteiger partial charge is 0.265 e. The molecule has 1 heterocycles. The minimum atomic E-state index is -0.425. The van der Waals surface area contributed by atoms with Gasteiger partial charge in [-0.2, -0.15) is 0 Å². The highest BCUT2D eigenvalue weighted by Gasteiger charge is 2.26. The second kappa shape index (κ2) is 5.37. The Kier molecular flexibility index (Phi) is 3.55. The highest BCUT2D eigenvalue weighted by Crippen LogP contribution is 2.35. The van der Waals surface area contributed by atoms with Crippen LogP contribution in [0.15, 0.2) is 40.9 Å². The van der Waals surface area contributed by atoms with Crippen molar-refractivity contribution >= 4 is 33.2 Å². The van der Waals surface area contributed by atoms with Gasteiger partial charge in [0, 0.05) is 15.7 Å². The van der Waals surface area contributed by atoms with Crippen molar-refractivity contribution in [2.45, 2.75) is 6.54 Å². The lowest BCUT2D eigenvalue weighted by Crippen LogP contribution is -2.38. The molecule has 108 valence electrons. The summed E-state index contributed by atoms with van der Waals surface area (Å²) in [5.41, 5.74) is 6.92. The molecule has 2 N–H and O–H groups in total. The first-order valence-corrected chi connectivity index (χ1v) is 7.10. The molecule has 0 saturated heterocycles. The van der Waals surface area contributed by atoms with E-state index < -0.39 is 5.82 Å². The number of rotatable bonds is 2. The van der Waals surface area contributed by atoms with E-state index in [1.165, 1.54) is 11.0 Å². The van der Waals surface area contributed by atoms with Crippen LogP contribution in [-0.4, -0.2) is 12.5 Å². The molecule has 2 aromatic rings. The molecule has 2 aromatic carbocycles. The number of carbonyl (C=O) groups is 1. The molecule has 0 aromatic heterocycles. The van der Waals surface area contributed by atoms with E-state index in [1.54, 1.807) is 24.3 Å². The monoisotopic (exact) mass is 350 g/mol. The number of halogens is 2. The van der Waals surface area contributed by atoms with E-state index in [-0.39, 0.29) is 19.1 Å². The molecule has 0 bridgehead atoms. The maximum atomic E-state index is 13.9. The highest BCUT2D eigenvalue weighted by atomic mass is 79.9. The zero-order valence-electron chi connectivity index (χ0n) is 11.0. The summed E-state index contributed by atoms with van der Waals surface area (Å²) in [4.78, 5) is 13.6. The van der Waals surface area contributed by atoms with Gasteiger partial charge in [-0.05, 0) is 30.3 Å². The van der Waals surface area contributed by atoms with Gasteiger partial charge in [0.05, 0.1) is 12.2 Å². The Morgan fingerprint density at radius 1 is 1.29 bits per heavy atom. The molecule has 21 heavy (non-hydrogen) atoms. The van der Waals surface area contributed by atoms with Crippen LogP contribution in [0.4, 0.5) is 15.8 Å². The Bertz CT molecular complexity index is 721. The second-order valence-corrected chi connectivity index (χ2v) is 5.65. The fourth-order valence-corrected chi connectivity index (χ4v) is 2.56. The third-order valence-corrected chi connectivity index (χ3v) is 3.76. The first-order valence-electron chi connectivity index (χ1n) is 6.31. The number of carbonyl (C=O) groups excluding carboxylic acids is 1. The molecule has 3 rings (SSSR count). The summed E-state index contributed by atoms with van der Waals surface area (Å²) < 4.78 is 20.1. The van der Waals surface area contributed by atoms with Crippen LogP contribution in [0.5, 0.6) is 5.75 Å². The number of fused-ring (bicyclic) bond motifs is 1. The summed E-state index contributed by atoms with van der Waals surface area (Å²) >= 11 is 3.36. The lowest BCUT2D eigenvalue weighted by Gasteiger charge is -2.29. The van der Waals surface area contributed by atoms with E-state index in [2.05, 4.69) is 15.9 Å². The summed E-state index contributed by atoms with van der Waals surface area (Å²) in [6.45, 7) is 0.0863. The van der Waals surface area contributed by atoms with Gasteiger partial charge in [-0.1, -0.05) is 22.0 Å². The molecule has 1 aliphatic rings. The van der Waals surface area contributed by atoms with Gasteiger partial charge in [0.2, 0.25) is 0 Å². The first-order chi connectivity index (χ1) is 10.0. The molecule has 0 atom stereocenters. The Morgan fingerprint density at radius 3 is 2.86 bits per heavy atom. The van der Waals surface area contributed by atoms with Crippen LogP contribution in [-0.2, 0) is 11.3 Å². The van der Waals surface area contributed by atoms with Crippen molar-refractivity contribution in [2.24, 2.45) is 0 Å². The number of anilines is 2. The topological polar surface area (TPSA) is 55.6 Å². The quantitative estimate of drug-likeness (QED) is 0.846. The van der Waals surface area contributed by atoms with Crippen molar-refractivity contribution in [2.75, 3.05) is 17.2 Å². The van der Waals surface area contributed by atoms with E-state index in [1.807, 2.05) is 6.07 Å². The number of nitrogens with two attached hydrogens (primary N) is 1. The number of nitrogens with zero attached hydrogens (tertiary/aromatic N) is 1. The van der Waals surface area contributed by atoms with Gasteiger partial charge in [0.1, 0.15) is 11.6 Å². The fourth-order valence-electron chi connectivity index (χ4n) is 2.21. The number of hydrogen-bond donors (Lipinski definition) is 1. The molecular weight excluding hydrogens is 339 g/mol. The molecule has 0 aliphatic carbocycles. The van der Waals surface area contributed by atoms with Crippen LogP contribution < -0.4 is 15.4 Å². The van der Waals surface area contributed by atoms with Crippen molar-refractivity contribution in [1.82, 2.24) is 0 Å². The SMILES string of the molecule is Nc1ccc(CN2C(=O)COc3ccc(Br)cc32)c(F)c1. The number of hydrogen-bond acceptors (Lipinski definition) is 3. The molecular formula is C15H12BrFN2O2. The van der Waals surface area contributed by atoms with Crippen molar-refractivity contribution < 1.29 is 13.9 Å². The third kappa shape index (κ3) is 2.71. The van der Waals surface area contributed by atoms with Gasteiger partial charge in [-0.15, -0.1) is 0 Å². The van der Waals surface area contributed by atoms with Gasteiger partial charge in [-0.3, -0.25) is 4.79 Å². The zero-order valence-corrected chi connectivity index (χ0v) is 12.6. The predicted octanol–water partition coefficient (Wildman–Crippen LogP) is 3.10. The second-order valence-electron chi connectivity index (χ2n) is 4.73. The number of amides is 1. The minimum absolute atomic E-state index is 0.0504. The number of nitrogen functional groups attached to an aromatic ring is 1. The summed E-state index contributed by atoms with van der Waals surface area (Å²) in [5.74, 6) is -0.0312. The van der Waals surface area contributed by atoms with Crippen LogP contribution >= 0.6 is 15.9 Å². The molecule has 6 heteroatoms. The van der Waals surface area contributed by atoms with Crippen LogP contribution in [0.25, 0.3) is 0 Å². The van der Waals surface area contributed by atoms with Gasteiger partial charge in [0.15, 0.2) is 6.61 Å². The molecule has 0 radical (unpaired) electrons. The van der Waals surface area contributed by atoms with E-state index in [4.69, 9.17) is 10.5 Å². The van der Waals surface area contributed by atoms with Gasteiger partial charge < -0.3 is 15.4 Å². The summed E-state index contributed by atoms with van der Waals surface area (Å²) in [5, 5.41) is 0. The molecule has 0 spiro atoms. The third-order valence-electron chi connectivity index (χ3n) is 3.27. The first kappa shape index (κ1) is 13.9. The predicted molar refractivity (Wildman–Crippen MR) is 81.6 cm³/mol. The molecule has 1 aliphatic heterocycles. The van der Waals surface area contributed by atoms with Crippen LogP contribution in [0.1, 0.15) is 5.56 Å². The van der Waals surface area contributed by atoms with Crippen molar-refractivity contribution in [3.8, 4) is 5.75 Å². The lowest BCUT2D eigenvalue weighted by molar-refractivity contribution is -0.121.